The average Bonchev–Trinajstić information content (AvgIpc) is 3.22. The van der Waals surface area contributed by atoms with Gasteiger partial charge in [-0.1, -0.05) is 0 Å². The number of carbonyl (C=O) groups is 1. The minimum Gasteiger partial charge on any atom is -0.468 e. The Balaban J connectivity index is 1.37. The number of furan rings is 1. The van der Waals surface area contributed by atoms with E-state index in [-0.39, 0.29) is 35.4 Å². The van der Waals surface area contributed by atoms with Gasteiger partial charge in [0.25, 0.3) is 0 Å². The zero-order valence-corrected chi connectivity index (χ0v) is 16.0. The van der Waals surface area contributed by atoms with Crippen LogP contribution in [0.1, 0.15) is 18.6 Å². The number of likely N-dealkylation sites (tertiary alicyclic amines) is 1. The molecule has 3 saturated heterocycles. The fraction of sp³-hybridized carbons (Fsp3) is 0.722. The molecule has 0 aromatic carbocycles. The van der Waals surface area contributed by atoms with Crippen molar-refractivity contribution in [3.63, 3.8) is 0 Å². The number of rotatable bonds is 3. The first-order valence-electron chi connectivity index (χ1n) is 9.39. The van der Waals surface area contributed by atoms with Crippen molar-refractivity contribution in [2.45, 2.75) is 31.5 Å². The molecular weight excluding hydrogens is 354 g/mol. The lowest BCUT2D eigenvalue weighted by Gasteiger charge is -2.44. The smallest absolute Gasteiger partial charge is 0.226 e. The van der Waals surface area contributed by atoms with E-state index < -0.39 is 9.84 Å². The Morgan fingerprint density at radius 3 is 2.58 bits per heavy atom. The summed E-state index contributed by atoms with van der Waals surface area (Å²) in [5.74, 6) is 1.41. The first-order chi connectivity index (χ1) is 12.4. The Labute approximate surface area is 154 Å². The van der Waals surface area contributed by atoms with Crippen LogP contribution in [0.4, 0.5) is 0 Å². The predicted octanol–water partition coefficient (Wildman–Crippen LogP) is 0.431. The zero-order valence-electron chi connectivity index (χ0n) is 15.2. The van der Waals surface area contributed by atoms with Crippen LogP contribution in [0.2, 0.25) is 0 Å². The van der Waals surface area contributed by atoms with E-state index in [1.807, 2.05) is 24.1 Å². The summed E-state index contributed by atoms with van der Waals surface area (Å²) in [5, 5.41) is 0. The van der Waals surface area contributed by atoms with Gasteiger partial charge in [0.05, 0.1) is 30.4 Å². The fourth-order valence-corrected chi connectivity index (χ4v) is 6.65. The Morgan fingerprint density at radius 2 is 1.88 bits per heavy atom. The summed E-state index contributed by atoms with van der Waals surface area (Å²) in [6.07, 6.45) is 3.34. The number of likely N-dealkylation sites (N-methyl/N-ethyl adjacent to an activating group) is 1. The third kappa shape index (κ3) is 3.54. The van der Waals surface area contributed by atoms with E-state index in [0.717, 1.165) is 44.8 Å². The van der Waals surface area contributed by atoms with Crippen molar-refractivity contribution in [1.82, 2.24) is 14.7 Å². The normalized spacial score (nSPS) is 30.4. The first-order valence-corrected chi connectivity index (χ1v) is 11.2. The van der Waals surface area contributed by atoms with Crippen molar-refractivity contribution in [1.29, 1.82) is 0 Å². The molecule has 3 fully saturated rings. The SMILES string of the molecule is CN1CCN(C(=O)C2CCN(Cc3ccco3)CC2)[C@@H]2CS(=O)(=O)C[C@@H]21. The molecule has 1 amide bonds. The molecule has 7 nitrogen and oxygen atoms in total. The number of piperidine rings is 1. The molecule has 26 heavy (non-hydrogen) atoms. The molecule has 3 aliphatic heterocycles. The van der Waals surface area contributed by atoms with E-state index in [4.69, 9.17) is 4.42 Å². The van der Waals surface area contributed by atoms with Crippen LogP contribution >= 0.6 is 0 Å². The van der Waals surface area contributed by atoms with Crippen molar-refractivity contribution >= 4 is 15.7 Å². The van der Waals surface area contributed by atoms with Gasteiger partial charge in [-0.05, 0) is 45.1 Å². The third-order valence-corrected chi connectivity index (χ3v) is 7.83. The molecule has 0 N–H and O–H groups in total. The minimum absolute atomic E-state index is 0.00945. The Kier molecular flexibility index (Phi) is 4.83. The van der Waals surface area contributed by atoms with Crippen LogP contribution in [0.5, 0.6) is 0 Å². The molecule has 0 saturated carbocycles. The van der Waals surface area contributed by atoms with Gasteiger partial charge in [0.2, 0.25) is 5.91 Å². The number of nitrogens with zero attached hydrogens (tertiary/aromatic N) is 3. The van der Waals surface area contributed by atoms with Crippen LogP contribution in [0.15, 0.2) is 22.8 Å². The number of piperazine rings is 1. The minimum atomic E-state index is -3.05. The number of sulfone groups is 1. The highest BCUT2D eigenvalue weighted by Gasteiger charge is 2.47. The van der Waals surface area contributed by atoms with Crippen molar-refractivity contribution < 1.29 is 17.6 Å². The molecule has 0 unspecified atom stereocenters. The molecule has 0 radical (unpaired) electrons. The summed E-state index contributed by atoms with van der Waals surface area (Å²) in [6, 6.07) is 3.65. The van der Waals surface area contributed by atoms with Gasteiger partial charge >= 0.3 is 0 Å². The molecule has 0 bridgehead atoms. The Hall–Kier alpha value is -1.38. The van der Waals surface area contributed by atoms with Gasteiger partial charge in [-0.3, -0.25) is 14.6 Å². The lowest BCUT2D eigenvalue weighted by atomic mass is 9.93. The first kappa shape index (κ1) is 18.0. The molecule has 0 aliphatic carbocycles. The quantitative estimate of drug-likeness (QED) is 0.756. The van der Waals surface area contributed by atoms with Crippen LogP contribution in [-0.2, 0) is 21.2 Å². The molecule has 1 aromatic rings. The third-order valence-electron chi connectivity index (χ3n) is 6.13. The number of hydrogen-bond acceptors (Lipinski definition) is 6. The maximum absolute atomic E-state index is 13.1. The zero-order chi connectivity index (χ0) is 18.3. The maximum atomic E-state index is 13.1. The molecule has 1 aromatic heterocycles. The van der Waals surface area contributed by atoms with Gasteiger partial charge < -0.3 is 9.32 Å². The van der Waals surface area contributed by atoms with Crippen LogP contribution in [0, 0.1) is 5.92 Å². The van der Waals surface area contributed by atoms with Gasteiger partial charge in [-0.25, -0.2) is 8.42 Å². The summed E-state index contributed by atoms with van der Waals surface area (Å²) in [5.41, 5.74) is 0. The number of carbonyl (C=O) groups excluding carboxylic acids is 1. The van der Waals surface area contributed by atoms with Crippen molar-refractivity contribution in [2.75, 3.05) is 44.7 Å². The molecule has 2 atom stereocenters. The molecule has 144 valence electrons. The van der Waals surface area contributed by atoms with Gasteiger partial charge in [0.1, 0.15) is 5.76 Å². The maximum Gasteiger partial charge on any atom is 0.226 e. The number of fused-ring (bicyclic) bond motifs is 1. The van der Waals surface area contributed by atoms with Crippen LogP contribution in [-0.4, -0.2) is 85.8 Å². The summed E-state index contributed by atoms with van der Waals surface area (Å²) in [4.78, 5) is 19.4. The van der Waals surface area contributed by atoms with Crippen LogP contribution < -0.4 is 0 Å². The molecule has 8 heteroatoms. The summed E-state index contributed by atoms with van der Waals surface area (Å²) < 4.78 is 29.6. The molecule has 0 spiro atoms. The van der Waals surface area contributed by atoms with E-state index in [9.17, 15) is 13.2 Å². The topological polar surface area (TPSA) is 74.1 Å². The second-order valence-corrected chi connectivity index (χ2v) is 10.0. The van der Waals surface area contributed by atoms with Gasteiger partial charge in [-0.2, -0.15) is 0 Å². The van der Waals surface area contributed by atoms with Gasteiger partial charge in [0.15, 0.2) is 9.84 Å². The summed E-state index contributed by atoms with van der Waals surface area (Å²) in [6.45, 7) is 3.91. The number of amides is 1. The standard InChI is InChI=1S/C18H27N3O4S/c1-19-8-9-21(17-13-26(23,24)12-16(17)19)18(22)14-4-6-20(7-5-14)11-15-3-2-10-25-15/h2-3,10,14,16-17H,4-9,11-13H2,1H3/t16-,17+/m0/s1. The second kappa shape index (κ2) is 6.98. The number of hydrogen-bond donors (Lipinski definition) is 0. The van der Waals surface area contributed by atoms with E-state index in [1.165, 1.54) is 0 Å². The lowest BCUT2D eigenvalue weighted by Crippen LogP contribution is -2.60. The van der Waals surface area contributed by atoms with Crippen LogP contribution in [0.25, 0.3) is 0 Å². The van der Waals surface area contributed by atoms with Crippen molar-refractivity contribution in [3.05, 3.63) is 24.2 Å². The molecule has 4 rings (SSSR count). The highest BCUT2D eigenvalue weighted by Crippen LogP contribution is 2.29. The summed E-state index contributed by atoms with van der Waals surface area (Å²) in [7, 11) is -1.09. The Morgan fingerprint density at radius 1 is 1.15 bits per heavy atom. The average molecular weight is 381 g/mol. The molecule has 4 heterocycles. The second-order valence-electron chi connectivity index (χ2n) is 7.85. The highest BCUT2D eigenvalue weighted by molar-refractivity contribution is 7.91. The predicted molar refractivity (Wildman–Crippen MR) is 97.3 cm³/mol. The lowest BCUT2D eigenvalue weighted by molar-refractivity contribution is -0.142. The van der Waals surface area contributed by atoms with Crippen molar-refractivity contribution in [2.24, 2.45) is 5.92 Å². The Bertz CT molecular complexity index is 740. The van der Waals surface area contributed by atoms with Gasteiger partial charge in [-0.15, -0.1) is 0 Å². The van der Waals surface area contributed by atoms with E-state index in [0.29, 0.717) is 6.54 Å². The van der Waals surface area contributed by atoms with E-state index in [1.54, 1.807) is 6.26 Å². The summed E-state index contributed by atoms with van der Waals surface area (Å²) >= 11 is 0. The monoisotopic (exact) mass is 381 g/mol. The highest BCUT2D eigenvalue weighted by atomic mass is 32.2. The van der Waals surface area contributed by atoms with E-state index in [2.05, 4.69) is 9.80 Å². The van der Waals surface area contributed by atoms with E-state index >= 15 is 0 Å². The molecule has 3 aliphatic rings. The van der Waals surface area contributed by atoms with Crippen molar-refractivity contribution in [3.8, 4) is 0 Å². The largest absolute Gasteiger partial charge is 0.468 e. The molecular formula is C18H27N3O4S. The van der Waals surface area contributed by atoms with Gasteiger partial charge in [0, 0.05) is 25.0 Å². The fourth-order valence-electron chi connectivity index (χ4n) is 4.60. The van der Waals surface area contributed by atoms with Crippen LogP contribution in [0.3, 0.4) is 0 Å².